The number of benzene rings is 1. The third kappa shape index (κ3) is 4.16. The Bertz CT molecular complexity index is 890. The van der Waals surface area contributed by atoms with Gasteiger partial charge in [0.1, 0.15) is 10.6 Å². The molecule has 2 saturated heterocycles. The largest absolute Gasteiger partial charge is 0.495 e. The highest BCUT2D eigenvalue weighted by Crippen LogP contribution is 2.34. The Morgan fingerprint density at radius 1 is 1.15 bits per heavy atom. The summed E-state index contributed by atoms with van der Waals surface area (Å²) in [4.78, 5) is 4.41. The summed E-state index contributed by atoms with van der Waals surface area (Å²) in [5.74, 6) is -0.165. The van der Waals surface area contributed by atoms with Crippen molar-refractivity contribution in [3.05, 3.63) is 23.8 Å². The molecule has 2 fully saturated rings. The van der Waals surface area contributed by atoms with Gasteiger partial charge in [-0.2, -0.15) is 0 Å². The number of rotatable bonds is 5. The standard InChI is InChI=1S/C18H28N2O5S2/c1-4-19-7-9-20(10-8-19)15-12-26(21,22)13-18(15)27(23,24)17-11-14(2)5-6-16(17)25-3/h5-6,11,15,18H,4,7-10,12-13H2,1-3H3/t15-,18-/m0/s1. The van der Waals surface area contributed by atoms with Gasteiger partial charge in [-0.1, -0.05) is 13.0 Å². The summed E-state index contributed by atoms with van der Waals surface area (Å²) in [7, 11) is -5.83. The van der Waals surface area contributed by atoms with E-state index >= 15 is 0 Å². The van der Waals surface area contributed by atoms with Gasteiger partial charge >= 0.3 is 0 Å². The summed E-state index contributed by atoms with van der Waals surface area (Å²) in [6.45, 7) is 7.87. The van der Waals surface area contributed by atoms with Gasteiger partial charge in [0, 0.05) is 32.2 Å². The molecule has 2 heterocycles. The van der Waals surface area contributed by atoms with Crippen LogP contribution in [0.25, 0.3) is 0 Å². The van der Waals surface area contributed by atoms with Gasteiger partial charge in [0.25, 0.3) is 0 Å². The first-order chi connectivity index (χ1) is 12.7. The zero-order valence-electron chi connectivity index (χ0n) is 16.1. The van der Waals surface area contributed by atoms with E-state index in [0.29, 0.717) is 13.1 Å². The smallest absolute Gasteiger partial charge is 0.187 e. The molecule has 0 amide bonds. The van der Waals surface area contributed by atoms with Crippen molar-refractivity contribution in [1.82, 2.24) is 9.80 Å². The second kappa shape index (κ2) is 7.69. The van der Waals surface area contributed by atoms with E-state index in [4.69, 9.17) is 4.74 Å². The maximum Gasteiger partial charge on any atom is 0.187 e. The van der Waals surface area contributed by atoms with Gasteiger partial charge in [-0.25, -0.2) is 16.8 Å². The van der Waals surface area contributed by atoms with Crippen molar-refractivity contribution in [3.8, 4) is 5.75 Å². The quantitative estimate of drug-likeness (QED) is 0.694. The van der Waals surface area contributed by atoms with Crippen molar-refractivity contribution in [2.75, 3.05) is 51.3 Å². The van der Waals surface area contributed by atoms with E-state index in [-0.39, 0.29) is 22.2 Å². The van der Waals surface area contributed by atoms with Gasteiger partial charge in [-0.05, 0) is 31.2 Å². The zero-order valence-corrected chi connectivity index (χ0v) is 17.7. The van der Waals surface area contributed by atoms with E-state index in [9.17, 15) is 16.8 Å². The van der Waals surface area contributed by atoms with Gasteiger partial charge in [0.05, 0.1) is 23.9 Å². The Morgan fingerprint density at radius 2 is 1.81 bits per heavy atom. The first-order valence-electron chi connectivity index (χ1n) is 9.23. The van der Waals surface area contributed by atoms with Gasteiger partial charge in [0.2, 0.25) is 0 Å². The normalized spacial score (nSPS) is 26.9. The van der Waals surface area contributed by atoms with Crippen LogP contribution in [-0.4, -0.2) is 89.3 Å². The lowest BCUT2D eigenvalue weighted by atomic mass is 10.2. The maximum absolute atomic E-state index is 13.4. The van der Waals surface area contributed by atoms with E-state index in [0.717, 1.165) is 25.2 Å². The molecular formula is C18H28N2O5S2. The van der Waals surface area contributed by atoms with E-state index < -0.39 is 31.0 Å². The lowest BCUT2D eigenvalue weighted by Crippen LogP contribution is -2.54. The molecule has 152 valence electrons. The minimum atomic E-state index is -3.85. The molecule has 0 aromatic heterocycles. The van der Waals surface area contributed by atoms with Gasteiger partial charge < -0.3 is 9.64 Å². The number of nitrogens with zero attached hydrogens (tertiary/aromatic N) is 2. The van der Waals surface area contributed by atoms with E-state index in [1.807, 2.05) is 11.8 Å². The van der Waals surface area contributed by atoms with Crippen molar-refractivity contribution in [3.63, 3.8) is 0 Å². The van der Waals surface area contributed by atoms with Crippen molar-refractivity contribution in [2.45, 2.75) is 30.0 Å². The Balaban J connectivity index is 1.96. The fourth-order valence-electron chi connectivity index (χ4n) is 4.01. The van der Waals surface area contributed by atoms with Crippen LogP contribution in [0.3, 0.4) is 0 Å². The van der Waals surface area contributed by atoms with E-state index in [1.165, 1.54) is 7.11 Å². The summed E-state index contributed by atoms with van der Waals surface area (Å²) in [5, 5.41) is -0.966. The minimum Gasteiger partial charge on any atom is -0.495 e. The van der Waals surface area contributed by atoms with Crippen LogP contribution in [0.15, 0.2) is 23.1 Å². The highest BCUT2D eigenvalue weighted by Gasteiger charge is 2.49. The molecule has 1 aromatic carbocycles. The summed E-state index contributed by atoms with van der Waals surface area (Å²) in [6.07, 6.45) is 0. The molecule has 7 nitrogen and oxygen atoms in total. The zero-order chi connectivity index (χ0) is 19.8. The third-order valence-corrected chi connectivity index (χ3v) is 9.76. The predicted octanol–water partition coefficient (Wildman–Crippen LogP) is 0.580. The van der Waals surface area contributed by atoms with Crippen molar-refractivity contribution < 1.29 is 21.6 Å². The third-order valence-electron chi connectivity index (χ3n) is 5.62. The van der Waals surface area contributed by atoms with Crippen LogP contribution in [0.2, 0.25) is 0 Å². The number of ether oxygens (including phenoxy) is 1. The Labute approximate surface area is 162 Å². The van der Waals surface area contributed by atoms with Crippen LogP contribution in [0.5, 0.6) is 5.75 Å². The number of likely N-dealkylation sites (N-methyl/N-ethyl adjacent to an activating group) is 1. The lowest BCUT2D eigenvalue weighted by Gasteiger charge is -2.39. The summed E-state index contributed by atoms with van der Waals surface area (Å²) < 4.78 is 56.9. The number of aryl methyl sites for hydroxylation is 1. The predicted molar refractivity (Wildman–Crippen MR) is 105 cm³/mol. The second-order valence-corrected chi connectivity index (χ2v) is 11.6. The van der Waals surface area contributed by atoms with Crippen LogP contribution < -0.4 is 4.74 Å². The first-order valence-corrected chi connectivity index (χ1v) is 12.6. The van der Waals surface area contributed by atoms with Crippen LogP contribution in [0, 0.1) is 6.92 Å². The van der Waals surface area contributed by atoms with Crippen LogP contribution in [0.1, 0.15) is 12.5 Å². The number of hydrogen-bond donors (Lipinski definition) is 0. The maximum atomic E-state index is 13.4. The van der Waals surface area contributed by atoms with E-state index in [2.05, 4.69) is 11.8 Å². The molecule has 0 unspecified atom stereocenters. The van der Waals surface area contributed by atoms with Crippen molar-refractivity contribution in [2.24, 2.45) is 0 Å². The average Bonchev–Trinajstić information content (AvgIpc) is 2.98. The Morgan fingerprint density at radius 3 is 2.41 bits per heavy atom. The summed E-state index contributed by atoms with van der Waals surface area (Å²) in [5.41, 5.74) is 0.795. The monoisotopic (exact) mass is 416 g/mol. The number of sulfone groups is 2. The number of methoxy groups -OCH3 is 1. The molecular weight excluding hydrogens is 388 g/mol. The van der Waals surface area contributed by atoms with Crippen LogP contribution in [-0.2, 0) is 19.7 Å². The topological polar surface area (TPSA) is 84.0 Å². The van der Waals surface area contributed by atoms with Gasteiger partial charge in [0.15, 0.2) is 19.7 Å². The highest BCUT2D eigenvalue weighted by molar-refractivity contribution is 7.96. The highest BCUT2D eigenvalue weighted by atomic mass is 32.2. The molecule has 0 saturated carbocycles. The molecule has 27 heavy (non-hydrogen) atoms. The molecule has 3 rings (SSSR count). The molecule has 0 bridgehead atoms. The lowest BCUT2D eigenvalue weighted by molar-refractivity contribution is 0.109. The number of piperazine rings is 1. The SMILES string of the molecule is CCN1CCN([C@H]2CS(=O)(=O)C[C@@H]2S(=O)(=O)c2cc(C)ccc2OC)CC1. The summed E-state index contributed by atoms with van der Waals surface area (Å²) >= 11 is 0. The first kappa shape index (κ1) is 20.6. The van der Waals surface area contributed by atoms with Crippen LogP contribution in [0.4, 0.5) is 0 Å². The average molecular weight is 417 g/mol. The van der Waals surface area contributed by atoms with Crippen molar-refractivity contribution in [1.29, 1.82) is 0 Å². The molecule has 2 aliphatic heterocycles. The molecule has 2 aliphatic rings. The van der Waals surface area contributed by atoms with Gasteiger partial charge in [-0.15, -0.1) is 0 Å². The molecule has 9 heteroatoms. The Kier molecular flexibility index (Phi) is 5.86. The molecule has 0 N–H and O–H groups in total. The molecule has 0 aliphatic carbocycles. The molecule has 0 spiro atoms. The summed E-state index contributed by atoms with van der Waals surface area (Å²) in [6, 6.07) is 4.47. The minimum absolute atomic E-state index is 0.0873. The van der Waals surface area contributed by atoms with Crippen molar-refractivity contribution >= 4 is 19.7 Å². The molecule has 0 radical (unpaired) electrons. The Hall–Kier alpha value is -1.16. The molecule has 2 atom stereocenters. The fraction of sp³-hybridized carbons (Fsp3) is 0.667. The second-order valence-electron chi connectivity index (χ2n) is 7.35. The van der Waals surface area contributed by atoms with Crippen LogP contribution >= 0.6 is 0 Å². The van der Waals surface area contributed by atoms with E-state index in [1.54, 1.807) is 18.2 Å². The molecule has 1 aromatic rings. The number of hydrogen-bond acceptors (Lipinski definition) is 7. The van der Waals surface area contributed by atoms with Gasteiger partial charge in [-0.3, -0.25) is 4.90 Å². The fourth-order valence-corrected chi connectivity index (χ4v) is 9.09.